The number of allylic oxidation sites excluding steroid dienone is 2. The van der Waals surface area contributed by atoms with E-state index in [1.807, 2.05) is 18.0 Å². The number of aromatic nitrogens is 2. The van der Waals surface area contributed by atoms with Crippen molar-refractivity contribution in [3.8, 4) is 0 Å². The molecule has 1 unspecified atom stereocenters. The average molecular weight is 445 g/mol. The molecule has 0 radical (unpaired) electrons. The van der Waals surface area contributed by atoms with E-state index in [1.54, 1.807) is 25.1 Å². The van der Waals surface area contributed by atoms with Crippen molar-refractivity contribution in [1.82, 2.24) is 20.2 Å². The van der Waals surface area contributed by atoms with Gasteiger partial charge in [-0.1, -0.05) is 12.1 Å². The van der Waals surface area contributed by atoms with Gasteiger partial charge in [0.25, 0.3) is 5.56 Å². The number of benzene rings is 1. The molecule has 0 aliphatic rings. The van der Waals surface area contributed by atoms with Crippen molar-refractivity contribution >= 4 is 41.7 Å². The van der Waals surface area contributed by atoms with E-state index in [9.17, 15) is 19.2 Å². The number of fused-ring (bicyclic) bond motifs is 1. The second kappa shape index (κ2) is 11.1. The zero-order valence-electron chi connectivity index (χ0n) is 17.2. The molecule has 0 aliphatic carbocycles. The molecule has 0 fully saturated rings. The van der Waals surface area contributed by atoms with Gasteiger partial charge in [-0.2, -0.15) is 0 Å². The number of aldehydes is 1. The quantitative estimate of drug-likeness (QED) is 0.189. The van der Waals surface area contributed by atoms with Gasteiger partial charge in [0, 0.05) is 26.1 Å². The Morgan fingerprint density at radius 3 is 2.81 bits per heavy atom. The fourth-order valence-corrected chi connectivity index (χ4v) is 2.95. The fraction of sp³-hybridized carbons (Fsp3) is 0.286. The molecule has 0 bridgehead atoms. The van der Waals surface area contributed by atoms with Crippen LogP contribution in [0.4, 0.5) is 0 Å². The number of aromatic amines is 1. The molecule has 0 spiro atoms. The normalized spacial score (nSPS) is 12.7. The van der Waals surface area contributed by atoms with Gasteiger partial charge in [0.2, 0.25) is 5.91 Å². The molecule has 1 amide bonds. The number of carboxylic acid groups (broad SMARTS) is 1. The number of nitrogens with one attached hydrogen (secondary N) is 2. The SMILES string of the molecule is Cc1nc2ccc(CN(C)/C(S)=C/C=C/C(=O)NC(C=O)CCC(=O)O)cc2c(=O)[nH]1. The number of rotatable bonds is 10. The molecule has 164 valence electrons. The summed E-state index contributed by atoms with van der Waals surface area (Å²) in [5.41, 5.74) is 1.32. The van der Waals surface area contributed by atoms with Crippen molar-refractivity contribution in [2.24, 2.45) is 0 Å². The molecule has 10 heteroatoms. The first-order valence-electron chi connectivity index (χ1n) is 9.45. The number of carboxylic acids is 1. The van der Waals surface area contributed by atoms with E-state index in [0.717, 1.165) is 5.56 Å². The Labute approximate surface area is 184 Å². The molecular formula is C21H24N4O5S. The van der Waals surface area contributed by atoms with Crippen LogP contribution in [0.2, 0.25) is 0 Å². The van der Waals surface area contributed by atoms with Crippen molar-refractivity contribution in [2.75, 3.05) is 7.05 Å². The van der Waals surface area contributed by atoms with Crippen molar-refractivity contribution < 1.29 is 19.5 Å². The lowest BCUT2D eigenvalue weighted by Crippen LogP contribution is -2.35. The van der Waals surface area contributed by atoms with E-state index >= 15 is 0 Å². The van der Waals surface area contributed by atoms with Gasteiger partial charge < -0.3 is 25.1 Å². The molecule has 1 atom stereocenters. The number of hydrogen-bond acceptors (Lipinski definition) is 7. The number of aliphatic carboxylic acids is 1. The molecule has 9 nitrogen and oxygen atoms in total. The van der Waals surface area contributed by atoms with Gasteiger partial charge in [0.05, 0.1) is 22.0 Å². The molecular weight excluding hydrogens is 420 g/mol. The van der Waals surface area contributed by atoms with E-state index in [0.29, 0.717) is 34.6 Å². The number of amides is 1. The van der Waals surface area contributed by atoms with Crippen LogP contribution < -0.4 is 10.9 Å². The lowest BCUT2D eigenvalue weighted by atomic mass is 10.1. The Bertz CT molecular complexity index is 1090. The first-order chi connectivity index (χ1) is 14.7. The van der Waals surface area contributed by atoms with Crippen LogP contribution in [0, 0.1) is 6.92 Å². The summed E-state index contributed by atoms with van der Waals surface area (Å²) in [7, 11) is 1.81. The van der Waals surface area contributed by atoms with Crippen LogP contribution >= 0.6 is 12.6 Å². The van der Waals surface area contributed by atoms with Crippen LogP contribution in [-0.2, 0) is 20.9 Å². The number of nitrogens with zero attached hydrogens (tertiary/aromatic N) is 2. The first kappa shape index (κ1) is 23.9. The maximum absolute atomic E-state index is 12.1. The molecule has 0 saturated heterocycles. The zero-order chi connectivity index (χ0) is 23.0. The monoisotopic (exact) mass is 444 g/mol. The van der Waals surface area contributed by atoms with Gasteiger partial charge >= 0.3 is 5.97 Å². The number of carbonyl (C=O) groups excluding carboxylic acids is 2. The highest BCUT2D eigenvalue weighted by Gasteiger charge is 2.11. The Morgan fingerprint density at radius 1 is 1.39 bits per heavy atom. The topological polar surface area (TPSA) is 132 Å². The van der Waals surface area contributed by atoms with Crippen LogP contribution in [0.5, 0.6) is 0 Å². The first-order valence-corrected chi connectivity index (χ1v) is 9.90. The number of H-pyrrole nitrogens is 1. The van der Waals surface area contributed by atoms with E-state index in [2.05, 4.69) is 27.9 Å². The Morgan fingerprint density at radius 2 is 2.13 bits per heavy atom. The van der Waals surface area contributed by atoms with Crippen LogP contribution in [0.3, 0.4) is 0 Å². The van der Waals surface area contributed by atoms with Gasteiger partial charge in [-0.15, -0.1) is 12.6 Å². The van der Waals surface area contributed by atoms with Crippen molar-refractivity contribution in [1.29, 1.82) is 0 Å². The standard InChI is InChI=1S/C21H24N4O5S/c1-13-22-17-8-6-14(10-16(17)21(30)23-13)11-25(2)19(31)5-3-4-18(27)24-15(12-26)7-9-20(28)29/h3-6,8,10,12,15,31H,7,9,11H2,1-2H3,(H,24,27)(H,28,29)(H,22,23,30)/b4-3+,19-5-. The highest BCUT2D eigenvalue weighted by molar-refractivity contribution is 7.84. The molecule has 1 heterocycles. The summed E-state index contributed by atoms with van der Waals surface area (Å²) in [6.07, 6.45) is 4.63. The third-order valence-corrected chi connectivity index (χ3v) is 4.84. The Balaban J connectivity index is 1.97. The van der Waals surface area contributed by atoms with Gasteiger partial charge in [-0.05, 0) is 37.1 Å². The molecule has 3 N–H and O–H groups in total. The summed E-state index contributed by atoms with van der Waals surface area (Å²) >= 11 is 4.41. The number of hydrogen-bond donors (Lipinski definition) is 4. The minimum atomic E-state index is -1.04. The summed E-state index contributed by atoms with van der Waals surface area (Å²) < 4.78 is 0. The summed E-state index contributed by atoms with van der Waals surface area (Å²) in [5.74, 6) is -0.996. The highest BCUT2D eigenvalue weighted by atomic mass is 32.1. The largest absolute Gasteiger partial charge is 0.481 e. The second-order valence-electron chi connectivity index (χ2n) is 6.93. The van der Waals surface area contributed by atoms with Crippen molar-refractivity contribution in [3.63, 3.8) is 0 Å². The fourth-order valence-electron chi connectivity index (χ4n) is 2.79. The summed E-state index contributed by atoms with van der Waals surface area (Å²) in [5, 5.41) is 12.1. The molecule has 2 rings (SSSR count). The van der Waals surface area contributed by atoms with E-state index < -0.39 is 17.9 Å². The minimum Gasteiger partial charge on any atom is -0.481 e. The summed E-state index contributed by atoms with van der Waals surface area (Å²) in [6.45, 7) is 2.20. The van der Waals surface area contributed by atoms with Crippen molar-refractivity contribution in [2.45, 2.75) is 32.4 Å². The number of carbonyl (C=O) groups is 3. The summed E-state index contributed by atoms with van der Waals surface area (Å²) in [6, 6.07) is 4.59. The van der Waals surface area contributed by atoms with Crippen molar-refractivity contribution in [3.05, 3.63) is 63.2 Å². The predicted molar refractivity (Wildman–Crippen MR) is 120 cm³/mol. The van der Waals surface area contributed by atoms with Crippen LogP contribution in [0.15, 0.2) is 46.3 Å². The van der Waals surface area contributed by atoms with Gasteiger partial charge in [-0.25, -0.2) is 4.98 Å². The van der Waals surface area contributed by atoms with Gasteiger partial charge in [0.1, 0.15) is 12.1 Å². The molecule has 1 aromatic carbocycles. The van der Waals surface area contributed by atoms with Gasteiger partial charge in [0.15, 0.2) is 0 Å². The maximum Gasteiger partial charge on any atom is 0.303 e. The molecule has 0 aliphatic heterocycles. The smallest absolute Gasteiger partial charge is 0.303 e. The zero-order valence-corrected chi connectivity index (χ0v) is 18.1. The molecule has 31 heavy (non-hydrogen) atoms. The average Bonchev–Trinajstić information content (AvgIpc) is 2.71. The highest BCUT2D eigenvalue weighted by Crippen LogP contribution is 2.15. The lowest BCUT2D eigenvalue weighted by Gasteiger charge is -2.19. The molecule has 2 aromatic rings. The third-order valence-electron chi connectivity index (χ3n) is 4.35. The van der Waals surface area contributed by atoms with E-state index in [-0.39, 0.29) is 18.4 Å². The molecule has 1 aromatic heterocycles. The number of aryl methyl sites for hydroxylation is 1. The Kier molecular flexibility index (Phi) is 8.56. The van der Waals surface area contributed by atoms with E-state index in [1.165, 1.54) is 12.2 Å². The Hall–Kier alpha value is -3.40. The molecule has 0 saturated carbocycles. The predicted octanol–water partition coefficient (Wildman–Crippen LogP) is 1.54. The van der Waals surface area contributed by atoms with Crippen LogP contribution in [-0.4, -0.2) is 51.2 Å². The summed E-state index contributed by atoms with van der Waals surface area (Å²) in [4.78, 5) is 54.3. The third kappa shape index (κ3) is 7.41. The minimum absolute atomic E-state index is 0.0263. The second-order valence-corrected chi connectivity index (χ2v) is 7.38. The van der Waals surface area contributed by atoms with E-state index in [4.69, 9.17) is 5.11 Å². The van der Waals surface area contributed by atoms with Crippen LogP contribution in [0.1, 0.15) is 24.2 Å². The van der Waals surface area contributed by atoms with Gasteiger partial charge in [-0.3, -0.25) is 14.4 Å². The van der Waals surface area contributed by atoms with Crippen LogP contribution in [0.25, 0.3) is 10.9 Å². The maximum atomic E-state index is 12.1. The lowest BCUT2D eigenvalue weighted by molar-refractivity contribution is -0.137. The number of thiol groups is 1.